The average molecular weight is 283 g/mol. The molecule has 0 aromatic heterocycles. The molecular formula is C18H21NS. The van der Waals surface area contributed by atoms with E-state index in [0.29, 0.717) is 0 Å². The van der Waals surface area contributed by atoms with Crippen LogP contribution in [0.5, 0.6) is 0 Å². The minimum Gasteiger partial charge on any atom is -0.309 e. The van der Waals surface area contributed by atoms with Crippen molar-refractivity contribution < 1.29 is 0 Å². The van der Waals surface area contributed by atoms with Crippen LogP contribution in [0.1, 0.15) is 12.0 Å². The lowest BCUT2D eigenvalue weighted by Crippen LogP contribution is -2.11. The number of benzene rings is 2. The summed E-state index contributed by atoms with van der Waals surface area (Å²) in [7, 11) is 4.20. The van der Waals surface area contributed by atoms with Crippen LogP contribution in [0.2, 0.25) is 0 Å². The van der Waals surface area contributed by atoms with Crippen LogP contribution in [-0.2, 0) is 0 Å². The molecule has 0 aliphatic heterocycles. The average Bonchev–Trinajstić information content (AvgIpc) is 2.46. The summed E-state index contributed by atoms with van der Waals surface area (Å²) in [6.45, 7) is 1.10. The molecule has 0 saturated carbocycles. The van der Waals surface area contributed by atoms with Crippen molar-refractivity contribution in [2.45, 2.75) is 16.2 Å². The Labute approximate surface area is 126 Å². The summed E-state index contributed by atoms with van der Waals surface area (Å²) in [6.07, 6.45) is 5.52. The second kappa shape index (κ2) is 7.93. The third-order valence-corrected chi connectivity index (χ3v) is 3.93. The van der Waals surface area contributed by atoms with Gasteiger partial charge in [-0.15, -0.1) is 0 Å². The van der Waals surface area contributed by atoms with E-state index >= 15 is 0 Å². The maximum atomic E-state index is 2.24. The second-order valence-corrected chi connectivity index (χ2v) is 6.13. The Hall–Kier alpha value is -1.51. The van der Waals surface area contributed by atoms with Gasteiger partial charge in [0.25, 0.3) is 0 Å². The molecule has 0 aliphatic carbocycles. The standard InChI is InChI=1S/C18H21NS/c1-19(2)15-7-6-8-16-11-13-18(14-12-16)20-17-9-4-3-5-10-17/h3-6,8-14H,7,15H2,1-2H3. The highest BCUT2D eigenvalue weighted by molar-refractivity contribution is 7.99. The molecule has 1 nitrogen and oxygen atoms in total. The van der Waals surface area contributed by atoms with Gasteiger partial charge in [-0.2, -0.15) is 0 Å². The van der Waals surface area contributed by atoms with E-state index in [0.717, 1.165) is 13.0 Å². The third-order valence-electron chi connectivity index (χ3n) is 2.91. The smallest absolute Gasteiger partial charge is 0.0122 e. The zero-order chi connectivity index (χ0) is 14.2. The lowest BCUT2D eigenvalue weighted by Gasteiger charge is -2.05. The molecule has 0 bridgehead atoms. The van der Waals surface area contributed by atoms with Gasteiger partial charge < -0.3 is 4.90 Å². The van der Waals surface area contributed by atoms with Gasteiger partial charge in [0.1, 0.15) is 0 Å². The highest BCUT2D eigenvalue weighted by Crippen LogP contribution is 2.27. The quantitative estimate of drug-likeness (QED) is 0.749. The van der Waals surface area contributed by atoms with E-state index < -0.39 is 0 Å². The third kappa shape index (κ3) is 5.24. The van der Waals surface area contributed by atoms with E-state index in [1.165, 1.54) is 15.4 Å². The SMILES string of the molecule is CN(C)CCC=Cc1ccc(Sc2ccccc2)cc1. The van der Waals surface area contributed by atoms with E-state index in [9.17, 15) is 0 Å². The summed E-state index contributed by atoms with van der Waals surface area (Å²) in [4.78, 5) is 4.76. The molecule has 0 spiro atoms. The predicted octanol–water partition coefficient (Wildman–Crippen LogP) is 4.80. The van der Waals surface area contributed by atoms with Gasteiger partial charge in [0, 0.05) is 16.3 Å². The molecule has 0 fully saturated rings. The molecular weight excluding hydrogens is 262 g/mol. The van der Waals surface area contributed by atoms with Crippen molar-refractivity contribution in [3.8, 4) is 0 Å². The molecule has 104 valence electrons. The Bertz CT molecular complexity index is 529. The van der Waals surface area contributed by atoms with Gasteiger partial charge in [-0.3, -0.25) is 0 Å². The molecule has 2 heteroatoms. The van der Waals surface area contributed by atoms with Crippen LogP contribution >= 0.6 is 11.8 Å². The van der Waals surface area contributed by atoms with Crippen molar-refractivity contribution in [3.63, 3.8) is 0 Å². The first-order chi connectivity index (χ1) is 9.74. The van der Waals surface area contributed by atoms with Crippen LogP contribution in [0.3, 0.4) is 0 Å². The fourth-order valence-electron chi connectivity index (χ4n) is 1.82. The number of hydrogen-bond donors (Lipinski definition) is 0. The van der Waals surface area contributed by atoms with Crippen LogP contribution in [0.25, 0.3) is 6.08 Å². The van der Waals surface area contributed by atoms with Crippen LogP contribution in [0.4, 0.5) is 0 Å². The summed E-state index contributed by atoms with van der Waals surface area (Å²) in [5, 5.41) is 0. The first kappa shape index (κ1) is 14.9. The maximum Gasteiger partial charge on any atom is 0.0122 e. The fourth-order valence-corrected chi connectivity index (χ4v) is 2.66. The maximum absolute atomic E-state index is 2.24. The minimum atomic E-state index is 1.09. The number of rotatable bonds is 6. The minimum absolute atomic E-state index is 1.09. The highest BCUT2D eigenvalue weighted by Gasteiger charge is 1.96. The molecule has 0 heterocycles. The molecule has 2 rings (SSSR count). The summed E-state index contributed by atoms with van der Waals surface area (Å²) < 4.78 is 0. The molecule has 20 heavy (non-hydrogen) atoms. The number of nitrogens with zero attached hydrogens (tertiary/aromatic N) is 1. The molecule has 0 radical (unpaired) electrons. The molecule has 0 atom stereocenters. The normalized spacial score (nSPS) is 11.3. The van der Waals surface area contributed by atoms with E-state index in [2.05, 4.69) is 79.7 Å². The molecule has 0 saturated heterocycles. The summed E-state index contributed by atoms with van der Waals surface area (Å²) in [5.74, 6) is 0. The second-order valence-electron chi connectivity index (χ2n) is 4.98. The van der Waals surface area contributed by atoms with Crippen molar-refractivity contribution in [3.05, 3.63) is 66.2 Å². The van der Waals surface area contributed by atoms with Crippen LogP contribution in [-0.4, -0.2) is 25.5 Å². The van der Waals surface area contributed by atoms with Crippen LogP contribution in [0, 0.1) is 0 Å². The molecule has 2 aromatic carbocycles. The molecule has 0 aliphatic rings. The first-order valence-corrected chi connectivity index (χ1v) is 7.70. The summed E-state index contributed by atoms with van der Waals surface area (Å²) in [5.41, 5.74) is 1.26. The largest absolute Gasteiger partial charge is 0.309 e. The van der Waals surface area contributed by atoms with Gasteiger partial charge in [0.15, 0.2) is 0 Å². The number of hydrogen-bond acceptors (Lipinski definition) is 2. The van der Waals surface area contributed by atoms with Gasteiger partial charge in [-0.25, -0.2) is 0 Å². The molecule has 0 amide bonds. The van der Waals surface area contributed by atoms with Gasteiger partial charge in [-0.05, 0) is 50.3 Å². The Morgan fingerprint density at radius 3 is 2.20 bits per heavy atom. The Morgan fingerprint density at radius 1 is 0.900 bits per heavy atom. The van der Waals surface area contributed by atoms with Crippen molar-refractivity contribution in [1.82, 2.24) is 4.90 Å². The van der Waals surface area contributed by atoms with Crippen molar-refractivity contribution in [2.24, 2.45) is 0 Å². The molecule has 0 unspecified atom stereocenters. The van der Waals surface area contributed by atoms with Crippen molar-refractivity contribution in [2.75, 3.05) is 20.6 Å². The molecule has 2 aromatic rings. The zero-order valence-corrected chi connectivity index (χ0v) is 12.9. The van der Waals surface area contributed by atoms with Gasteiger partial charge in [0.05, 0.1) is 0 Å². The van der Waals surface area contributed by atoms with Crippen LogP contribution in [0.15, 0.2) is 70.5 Å². The van der Waals surface area contributed by atoms with E-state index in [4.69, 9.17) is 0 Å². The molecule has 0 N–H and O–H groups in total. The van der Waals surface area contributed by atoms with Gasteiger partial charge in [0.2, 0.25) is 0 Å². The van der Waals surface area contributed by atoms with E-state index in [1.807, 2.05) is 6.07 Å². The predicted molar refractivity (Wildman–Crippen MR) is 89.2 cm³/mol. The highest BCUT2D eigenvalue weighted by atomic mass is 32.2. The van der Waals surface area contributed by atoms with E-state index in [1.54, 1.807) is 11.8 Å². The first-order valence-electron chi connectivity index (χ1n) is 6.88. The summed E-state index contributed by atoms with van der Waals surface area (Å²) >= 11 is 1.80. The monoisotopic (exact) mass is 283 g/mol. The van der Waals surface area contributed by atoms with Crippen LogP contribution < -0.4 is 0 Å². The Morgan fingerprint density at radius 2 is 1.55 bits per heavy atom. The topological polar surface area (TPSA) is 3.24 Å². The lowest BCUT2D eigenvalue weighted by atomic mass is 10.2. The Kier molecular flexibility index (Phi) is 5.90. The van der Waals surface area contributed by atoms with Gasteiger partial charge in [-0.1, -0.05) is 54.2 Å². The van der Waals surface area contributed by atoms with Crippen molar-refractivity contribution >= 4 is 17.8 Å². The summed E-state index contributed by atoms with van der Waals surface area (Å²) in [6, 6.07) is 19.2. The zero-order valence-electron chi connectivity index (χ0n) is 12.1. The van der Waals surface area contributed by atoms with Crippen molar-refractivity contribution in [1.29, 1.82) is 0 Å². The Balaban J connectivity index is 1.90. The lowest BCUT2D eigenvalue weighted by molar-refractivity contribution is 0.417. The van der Waals surface area contributed by atoms with E-state index in [-0.39, 0.29) is 0 Å². The van der Waals surface area contributed by atoms with Gasteiger partial charge >= 0.3 is 0 Å². The fraction of sp³-hybridized carbons (Fsp3) is 0.222.